The molecule has 154 valence electrons. The molecule has 0 saturated carbocycles. The predicted molar refractivity (Wildman–Crippen MR) is 111 cm³/mol. The molecular weight excluding hydrogens is 392 g/mol. The van der Waals surface area contributed by atoms with Crippen molar-refractivity contribution in [1.82, 2.24) is 15.1 Å². The lowest BCUT2D eigenvalue weighted by atomic mass is 9.93. The normalized spacial score (nSPS) is 18.9. The third-order valence-corrected chi connectivity index (χ3v) is 5.94. The SMILES string of the molecule is COc1cc2c(cc1OC)CN(C(=O)[C@H]1CCCN(c3ccc(Cl)nn3)C1)CC2. The van der Waals surface area contributed by atoms with Gasteiger partial charge in [0.1, 0.15) is 0 Å². The molecule has 1 amide bonds. The number of hydrogen-bond acceptors (Lipinski definition) is 6. The van der Waals surface area contributed by atoms with E-state index >= 15 is 0 Å². The van der Waals surface area contributed by atoms with Crippen molar-refractivity contribution in [2.45, 2.75) is 25.8 Å². The summed E-state index contributed by atoms with van der Waals surface area (Å²) >= 11 is 5.84. The number of ether oxygens (including phenoxy) is 2. The van der Waals surface area contributed by atoms with E-state index in [-0.39, 0.29) is 11.8 Å². The fourth-order valence-electron chi connectivity index (χ4n) is 4.19. The quantitative estimate of drug-likeness (QED) is 0.763. The van der Waals surface area contributed by atoms with E-state index in [2.05, 4.69) is 15.1 Å². The van der Waals surface area contributed by atoms with Crippen molar-refractivity contribution in [3.05, 3.63) is 40.5 Å². The van der Waals surface area contributed by atoms with Gasteiger partial charge >= 0.3 is 0 Å². The maximum absolute atomic E-state index is 13.3. The number of rotatable bonds is 4. The average Bonchev–Trinajstić information content (AvgIpc) is 2.77. The van der Waals surface area contributed by atoms with Crippen LogP contribution in [-0.4, -0.2) is 54.9 Å². The van der Waals surface area contributed by atoms with E-state index in [1.165, 1.54) is 5.56 Å². The Morgan fingerprint density at radius 1 is 1.10 bits per heavy atom. The number of anilines is 1. The van der Waals surface area contributed by atoms with Gasteiger partial charge in [-0.05, 0) is 54.7 Å². The fraction of sp³-hybridized carbons (Fsp3) is 0.476. The standard InChI is InChI=1S/C21H25ClN4O3/c1-28-17-10-14-7-9-26(13-16(14)11-18(17)29-2)21(27)15-4-3-8-25(12-15)20-6-5-19(22)23-24-20/h5-6,10-11,15H,3-4,7-9,12-13H2,1-2H3/t15-/m0/s1. The van der Waals surface area contributed by atoms with E-state index in [0.717, 1.165) is 49.5 Å². The van der Waals surface area contributed by atoms with Crippen molar-refractivity contribution >= 4 is 23.3 Å². The van der Waals surface area contributed by atoms with Gasteiger partial charge in [0.25, 0.3) is 0 Å². The van der Waals surface area contributed by atoms with Crippen LogP contribution in [0.5, 0.6) is 11.5 Å². The molecule has 1 fully saturated rings. The first-order chi connectivity index (χ1) is 14.1. The van der Waals surface area contributed by atoms with E-state index in [0.29, 0.717) is 24.0 Å². The van der Waals surface area contributed by atoms with Crippen LogP contribution >= 0.6 is 11.6 Å². The van der Waals surface area contributed by atoms with E-state index < -0.39 is 0 Å². The molecule has 1 saturated heterocycles. The monoisotopic (exact) mass is 416 g/mol. The van der Waals surface area contributed by atoms with E-state index in [4.69, 9.17) is 21.1 Å². The number of aromatic nitrogens is 2. The molecule has 4 rings (SSSR count). The van der Waals surface area contributed by atoms with Gasteiger partial charge in [0.05, 0.1) is 20.1 Å². The zero-order valence-electron chi connectivity index (χ0n) is 16.7. The highest BCUT2D eigenvalue weighted by Crippen LogP contribution is 2.34. The predicted octanol–water partition coefficient (Wildman–Crippen LogP) is 2.95. The van der Waals surface area contributed by atoms with Crippen LogP contribution in [0.3, 0.4) is 0 Å². The number of carbonyl (C=O) groups excluding carboxylic acids is 1. The number of amides is 1. The molecular formula is C21H25ClN4O3. The molecule has 0 unspecified atom stereocenters. The minimum absolute atomic E-state index is 0.0390. The fourth-order valence-corrected chi connectivity index (χ4v) is 4.29. The topological polar surface area (TPSA) is 67.8 Å². The van der Waals surface area contributed by atoms with E-state index in [1.807, 2.05) is 23.1 Å². The Balaban J connectivity index is 1.46. The largest absolute Gasteiger partial charge is 0.493 e. The second-order valence-electron chi connectivity index (χ2n) is 7.49. The molecule has 7 nitrogen and oxygen atoms in total. The van der Waals surface area contributed by atoms with Crippen molar-refractivity contribution in [3.63, 3.8) is 0 Å². The lowest BCUT2D eigenvalue weighted by Crippen LogP contribution is -2.46. The third kappa shape index (κ3) is 4.10. The number of carbonyl (C=O) groups is 1. The highest BCUT2D eigenvalue weighted by Gasteiger charge is 2.32. The molecule has 1 aromatic carbocycles. The van der Waals surface area contributed by atoms with Crippen molar-refractivity contribution in [3.8, 4) is 11.5 Å². The first kappa shape index (κ1) is 19.8. The molecule has 3 heterocycles. The molecule has 2 aromatic rings. The maximum atomic E-state index is 13.3. The Morgan fingerprint density at radius 2 is 1.86 bits per heavy atom. The van der Waals surface area contributed by atoms with Crippen LogP contribution in [0.2, 0.25) is 5.15 Å². The number of fused-ring (bicyclic) bond motifs is 1. The molecule has 0 spiro atoms. The summed E-state index contributed by atoms with van der Waals surface area (Å²) in [5.74, 6) is 2.37. The number of nitrogens with zero attached hydrogens (tertiary/aromatic N) is 4. The summed E-state index contributed by atoms with van der Waals surface area (Å²) in [6, 6.07) is 7.61. The second-order valence-corrected chi connectivity index (χ2v) is 7.87. The first-order valence-electron chi connectivity index (χ1n) is 9.85. The Bertz CT molecular complexity index is 890. The molecule has 1 atom stereocenters. The van der Waals surface area contributed by atoms with Crippen molar-refractivity contribution in [2.24, 2.45) is 5.92 Å². The van der Waals surface area contributed by atoms with Gasteiger partial charge in [-0.3, -0.25) is 4.79 Å². The Kier molecular flexibility index (Phi) is 5.76. The van der Waals surface area contributed by atoms with Crippen LogP contribution in [0, 0.1) is 5.92 Å². The molecule has 1 aromatic heterocycles. The van der Waals surface area contributed by atoms with Crippen LogP contribution in [0.1, 0.15) is 24.0 Å². The van der Waals surface area contributed by atoms with Gasteiger partial charge in [-0.1, -0.05) is 11.6 Å². The summed E-state index contributed by atoms with van der Waals surface area (Å²) < 4.78 is 10.8. The number of benzene rings is 1. The van der Waals surface area contributed by atoms with Gasteiger partial charge in [0, 0.05) is 26.2 Å². The van der Waals surface area contributed by atoms with Gasteiger partial charge < -0.3 is 19.3 Å². The summed E-state index contributed by atoms with van der Waals surface area (Å²) in [6.07, 6.45) is 2.67. The number of halogens is 1. The molecule has 8 heteroatoms. The van der Waals surface area contributed by atoms with Gasteiger partial charge in [-0.25, -0.2) is 0 Å². The third-order valence-electron chi connectivity index (χ3n) is 5.74. The van der Waals surface area contributed by atoms with Gasteiger partial charge in [-0.2, -0.15) is 0 Å². The summed E-state index contributed by atoms with van der Waals surface area (Å²) in [4.78, 5) is 17.4. The minimum atomic E-state index is -0.0390. The maximum Gasteiger partial charge on any atom is 0.227 e. The lowest BCUT2D eigenvalue weighted by Gasteiger charge is -2.37. The summed E-state index contributed by atoms with van der Waals surface area (Å²) in [5.41, 5.74) is 2.34. The Morgan fingerprint density at radius 3 is 2.55 bits per heavy atom. The highest BCUT2D eigenvalue weighted by atomic mass is 35.5. The number of piperidine rings is 1. The van der Waals surface area contributed by atoms with Crippen LogP contribution < -0.4 is 14.4 Å². The molecule has 29 heavy (non-hydrogen) atoms. The van der Waals surface area contributed by atoms with E-state index in [9.17, 15) is 4.79 Å². The molecule has 2 aliphatic rings. The summed E-state index contributed by atoms with van der Waals surface area (Å²) in [5, 5.41) is 8.47. The van der Waals surface area contributed by atoms with Crippen LogP contribution in [0.15, 0.2) is 24.3 Å². The zero-order chi connectivity index (χ0) is 20.4. The molecule has 0 radical (unpaired) electrons. The molecule has 0 N–H and O–H groups in total. The smallest absolute Gasteiger partial charge is 0.227 e. The van der Waals surface area contributed by atoms with Crippen molar-refractivity contribution < 1.29 is 14.3 Å². The van der Waals surface area contributed by atoms with Gasteiger partial charge in [0.2, 0.25) is 5.91 Å². The first-order valence-corrected chi connectivity index (χ1v) is 10.2. The molecule has 0 bridgehead atoms. The minimum Gasteiger partial charge on any atom is -0.493 e. The van der Waals surface area contributed by atoms with Crippen molar-refractivity contribution in [2.75, 3.05) is 38.8 Å². The van der Waals surface area contributed by atoms with Crippen LogP contribution in [0.25, 0.3) is 0 Å². The van der Waals surface area contributed by atoms with Gasteiger partial charge in [0.15, 0.2) is 22.5 Å². The summed E-state index contributed by atoms with van der Waals surface area (Å²) in [7, 11) is 3.27. The van der Waals surface area contributed by atoms with Gasteiger partial charge in [-0.15, -0.1) is 10.2 Å². The van der Waals surface area contributed by atoms with E-state index in [1.54, 1.807) is 20.3 Å². The van der Waals surface area contributed by atoms with Crippen molar-refractivity contribution in [1.29, 1.82) is 0 Å². The number of hydrogen-bond donors (Lipinski definition) is 0. The molecule has 2 aliphatic heterocycles. The Hall–Kier alpha value is -2.54. The second kappa shape index (κ2) is 8.45. The van der Waals surface area contributed by atoms with Crippen LogP contribution in [-0.2, 0) is 17.8 Å². The molecule has 0 aliphatic carbocycles. The number of methoxy groups -OCH3 is 2. The average molecular weight is 417 g/mol. The highest BCUT2D eigenvalue weighted by molar-refractivity contribution is 6.29. The summed E-state index contributed by atoms with van der Waals surface area (Å²) in [6.45, 7) is 2.86. The lowest BCUT2D eigenvalue weighted by molar-refractivity contribution is -0.136. The zero-order valence-corrected chi connectivity index (χ0v) is 17.5. The Labute approximate surface area is 175 Å². The van der Waals surface area contributed by atoms with Crippen LogP contribution in [0.4, 0.5) is 5.82 Å².